The molecular formula is C22H24N4O. The van der Waals surface area contributed by atoms with E-state index in [0.717, 1.165) is 17.8 Å². The highest BCUT2D eigenvalue weighted by Gasteiger charge is 2.10. The van der Waals surface area contributed by atoms with Gasteiger partial charge in [-0.3, -0.25) is 4.79 Å². The van der Waals surface area contributed by atoms with Gasteiger partial charge in [0.05, 0.1) is 5.56 Å². The third-order valence-electron chi connectivity index (χ3n) is 4.36. The van der Waals surface area contributed by atoms with Crippen LogP contribution in [-0.2, 0) is 6.42 Å². The van der Waals surface area contributed by atoms with Gasteiger partial charge in [0.2, 0.25) is 5.95 Å². The minimum absolute atomic E-state index is 0.228. The number of nitrogens with zero attached hydrogens (tertiary/aromatic N) is 2. The van der Waals surface area contributed by atoms with Crippen molar-refractivity contribution in [2.75, 3.05) is 10.6 Å². The van der Waals surface area contributed by atoms with Gasteiger partial charge in [0.15, 0.2) is 0 Å². The van der Waals surface area contributed by atoms with Crippen LogP contribution in [-0.4, -0.2) is 15.9 Å². The summed E-state index contributed by atoms with van der Waals surface area (Å²) in [4.78, 5) is 20.9. The summed E-state index contributed by atoms with van der Waals surface area (Å²) < 4.78 is 0. The molecule has 27 heavy (non-hydrogen) atoms. The number of aromatic nitrogens is 2. The lowest BCUT2D eigenvalue weighted by molar-refractivity contribution is 0.102. The zero-order chi connectivity index (χ0) is 19.2. The molecule has 0 aliphatic heterocycles. The Kier molecular flexibility index (Phi) is 5.81. The van der Waals surface area contributed by atoms with Gasteiger partial charge in [0.25, 0.3) is 5.91 Å². The first-order valence-electron chi connectivity index (χ1n) is 9.15. The average Bonchev–Trinajstić information content (AvgIpc) is 2.69. The summed E-state index contributed by atoms with van der Waals surface area (Å²) in [5, 5.41) is 6.09. The minimum atomic E-state index is -0.228. The molecule has 0 atom stereocenters. The second-order valence-corrected chi connectivity index (χ2v) is 6.67. The number of carbonyl (C=O) groups is 1. The first kappa shape index (κ1) is 18.6. The Bertz CT molecular complexity index is 902. The van der Waals surface area contributed by atoms with Gasteiger partial charge in [-0.1, -0.05) is 51.1 Å². The quantitative estimate of drug-likeness (QED) is 0.637. The van der Waals surface area contributed by atoms with E-state index in [-0.39, 0.29) is 5.91 Å². The lowest BCUT2D eigenvalue weighted by atomic mass is 10.0. The maximum Gasteiger partial charge on any atom is 0.258 e. The summed E-state index contributed by atoms with van der Waals surface area (Å²) >= 11 is 0. The van der Waals surface area contributed by atoms with Gasteiger partial charge in [-0.2, -0.15) is 0 Å². The van der Waals surface area contributed by atoms with Crippen LogP contribution in [0.3, 0.4) is 0 Å². The maximum atomic E-state index is 12.4. The fraction of sp³-hybridized carbons (Fsp3) is 0.227. The van der Waals surface area contributed by atoms with Crippen LogP contribution in [0.15, 0.2) is 60.9 Å². The van der Waals surface area contributed by atoms with Gasteiger partial charge in [-0.25, -0.2) is 9.97 Å². The van der Waals surface area contributed by atoms with Crippen LogP contribution in [0.5, 0.6) is 0 Å². The molecule has 3 rings (SSSR count). The number of nitrogens with one attached hydrogen (secondary N) is 2. The summed E-state index contributed by atoms with van der Waals surface area (Å²) in [5.74, 6) is 0.623. The summed E-state index contributed by atoms with van der Waals surface area (Å²) in [6.45, 7) is 6.38. The molecule has 5 heteroatoms. The van der Waals surface area contributed by atoms with Crippen LogP contribution >= 0.6 is 0 Å². The van der Waals surface area contributed by atoms with E-state index in [1.807, 2.05) is 42.5 Å². The van der Waals surface area contributed by atoms with Gasteiger partial charge in [-0.15, -0.1) is 0 Å². The summed E-state index contributed by atoms with van der Waals surface area (Å²) in [5.41, 5.74) is 4.56. The minimum Gasteiger partial charge on any atom is -0.324 e. The second-order valence-electron chi connectivity index (χ2n) is 6.67. The van der Waals surface area contributed by atoms with E-state index in [9.17, 15) is 4.79 Å². The molecule has 0 aliphatic carbocycles. The Morgan fingerprint density at radius 1 is 1.00 bits per heavy atom. The molecule has 0 fully saturated rings. The van der Waals surface area contributed by atoms with E-state index >= 15 is 0 Å². The van der Waals surface area contributed by atoms with Crippen molar-refractivity contribution in [3.63, 3.8) is 0 Å². The van der Waals surface area contributed by atoms with Gasteiger partial charge < -0.3 is 10.6 Å². The molecule has 0 aliphatic rings. The molecule has 1 aromatic heterocycles. The highest BCUT2D eigenvalue weighted by atomic mass is 16.1. The molecule has 1 amide bonds. The van der Waals surface area contributed by atoms with Crippen molar-refractivity contribution < 1.29 is 4.79 Å². The third-order valence-corrected chi connectivity index (χ3v) is 4.36. The molecule has 0 spiro atoms. The SMILES string of the molecule is CCc1ccc(NC(=O)c2cnc(Nc3ccccc3C(C)C)nc2)cc1. The molecule has 5 nitrogen and oxygen atoms in total. The lowest BCUT2D eigenvalue weighted by Crippen LogP contribution is -2.13. The number of benzene rings is 2. The fourth-order valence-corrected chi connectivity index (χ4v) is 2.77. The maximum absolute atomic E-state index is 12.4. The number of hydrogen-bond acceptors (Lipinski definition) is 4. The van der Waals surface area contributed by atoms with Crippen molar-refractivity contribution in [2.45, 2.75) is 33.1 Å². The predicted molar refractivity (Wildman–Crippen MR) is 110 cm³/mol. The first-order valence-corrected chi connectivity index (χ1v) is 9.15. The molecule has 2 N–H and O–H groups in total. The Morgan fingerprint density at radius 3 is 2.30 bits per heavy atom. The molecule has 0 bridgehead atoms. The van der Waals surface area contributed by atoms with Crippen LogP contribution in [0, 0.1) is 0 Å². The van der Waals surface area contributed by atoms with Crippen molar-refractivity contribution in [1.29, 1.82) is 0 Å². The van der Waals surface area contributed by atoms with Crippen LogP contribution in [0.1, 0.15) is 48.2 Å². The van der Waals surface area contributed by atoms with Gasteiger partial charge in [-0.05, 0) is 41.7 Å². The summed E-state index contributed by atoms with van der Waals surface area (Å²) in [6, 6.07) is 15.9. The molecule has 3 aromatic rings. The highest BCUT2D eigenvalue weighted by Crippen LogP contribution is 2.25. The predicted octanol–water partition coefficient (Wildman–Crippen LogP) is 5.16. The molecule has 138 valence electrons. The van der Waals surface area contributed by atoms with Crippen LogP contribution < -0.4 is 10.6 Å². The molecule has 0 radical (unpaired) electrons. The van der Waals surface area contributed by atoms with E-state index in [2.05, 4.69) is 47.4 Å². The number of hydrogen-bond donors (Lipinski definition) is 2. The lowest BCUT2D eigenvalue weighted by Gasteiger charge is -2.13. The topological polar surface area (TPSA) is 66.9 Å². The largest absolute Gasteiger partial charge is 0.324 e. The summed E-state index contributed by atoms with van der Waals surface area (Å²) in [6.07, 6.45) is 4.03. The van der Waals surface area contributed by atoms with Crippen molar-refractivity contribution in [3.05, 3.63) is 77.6 Å². The van der Waals surface area contributed by atoms with Crippen molar-refractivity contribution in [3.8, 4) is 0 Å². The first-order chi connectivity index (χ1) is 13.1. The standard InChI is InChI=1S/C22H24N4O/c1-4-16-9-11-18(12-10-16)25-21(27)17-13-23-22(24-14-17)26-20-8-6-5-7-19(20)15(2)3/h5-15H,4H2,1-3H3,(H,25,27)(H,23,24,26). The number of rotatable bonds is 6. The Labute approximate surface area is 159 Å². The zero-order valence-corrected chi connectivity index (χ0v) is 15.9. The molecule has 0 saturated carbocycles. The van der Waals surface area contributed by atoms with E-state index in [1.165, 1.54) is 23.5 Å². The normalized spacial score (nSPS) is 10.7. The fourth-order valence-electron chi connectivity index (χ4n) is 2.77. The Hall–Kier alpha value is -3.21. The molecular weight excluding hydrogens is 336 g/mol. The smallest absolute Gasteiger partial charge is 0.258 e. The third kappa shape index (κ3) is 4.70. The van der Waals surface area contributed by atoms with Crippen LogP contribution in [0.25, 0.3) is 0 Å². The second kappa shape index (κ2) is 8.45. The van der Waals surface area contributed by atoms with Crippen molar-refractivity contribution in [1.82, 2.24) is 9.97 Å². The number of anilines is 3. The van der Waals surface area contributed by atoms with Crippen molar-refractivity contribution in [2.24, 2.45) is 0 Å². The van der Waals surface area contributed by atoms with Gasteiger partial charge >= 0.3 is 0 Å². The highest BCUT2D eigenvalue weighted by molar-refractivity contribution is 6.03. The Balaban J connectivity index is 1.68. The molecule has 1 heterocycles. The number of carbonyl (C=O) groups excluding carboxylic acids is 1. The van der Waals surface area contributed by atoms with Gasteiger partial charge in [0, 0.05) is 23.8 Å². The number of aryl methyl sites for hydroxylation is 1. The Morgan fingerprint density at radius 2 is 1.67 bits per heavy atom. The monoisotopic (exact) mass is 360 g/mol. The number of para-hydroxylation sites is 1. The molecule has 0 unspecified atom stereocenters. The van der Waals surface area contributed by atoms with E-state index in [1.54, 1.807) is 0 Å². The van der Waals surface area contributed by atoms with E-state index in [4.69, 9.17) is 0 Å². The average molecular weight is 360 g/mol. The van der Waals surface area contributed by atoms with E-state index in [0.29, 0.717) is 17.4 Å². The molecule has 0 saturated heterocycles. The zero-order valence-electron chi connectivity index (χ0n) is 15.9. The van der Waals surface area contributed by atoms with Crippen molar-refractivity contribution >= 4 is 23.2 Å². The summed E-state index contributed by atoms with van der Waals surface area (Å²) in [7, 11) is 0. The van der Waals surface area contributed by atoms with Crippen LogP contribution in [0.2, 0.25) is 0 Å². The van der Waals surface area contributed by atoms with Crippen LogP contribution in [0.4, 0.5) is 17.3 Å². The van der Waals surface area contributed by atoms with E-state index < -0.39 is 0 Å². The molecule has 2 aromatic carbocycles. The number of amides is 1. The van der Waals surface area contributed by atoms with Gasteiger partial charge in [0.1, 0.15) is 0 Å².